The number of hydrogen-bond acceptors (Lipinski definition) is 6. The molecule has 0 amide bonds. The second kappa shape index (κ2) is 6.10. The van der Waals surface area contributed by atoms with E-state index in [0.717, 1.165) is 7.11 Å². The first-order valence-electron chi connectivity index (χ1n) is 6.26. The van der Waals surface area contributed by atoms with Crippen LogP contribution in [0.15, 0.2) is 22.8 Å². The van der Waals surface area contributed by atoms with E-state index in [2.05, 4.69) is 20.7 Å². The van der Waals surface area contributed by atoms with Crippen LogP contribution < -0.4 is 5.73 Å². The lowest BCUT2D eigenvalue weighted by atomic mass is 10.1. The van der Waals surface area contributed by atoms with Gasteiger partial charge >= 0.3 is 5.97 Å². The lowest BCUT2D eigenvalue weighted by Crippen LogP contribution is -2.13. The maximum atomic E-state index is 12.0. The van der Waals surface area contributed by atoms with Crippen molar-refractivity contribution in [3.05, 3.63) is 49.7 Å². The van der Waals surface area contributed by atoms with Crippen LogP contribution in [-0.2, 0) is 4.74 Å². The van der Waals surface area contributed by atoms with Crippen LogP contribution in [0.2, 0.25) is 0 Å². The summed E-state index contributed by atoms with van der Waals surface area (Å²) in [5.41, 5.74) is 6.06. The van der Waals surface area contributed by atoms with Crippen LogP contribution in [0, 0.1) is 28.4 Å². The molecule has 0 aliphatic rings. The van der Waals surface area contributed by atoms with Crippen molar-refractivity contribution in [3.8, 4) is 11.8 Å². The highest BCUT2D eigenvalue weighted by atomic mass is 79.9. The zero-order valence-corrected chi connectivity index (χ0v) is 13.7. The average Bonchev–Trinajstić information content (AvgIpc) is 2.82. The molecule has 0 fully saturated rings. The zero-order valence-electron chi connectivity index (χ0n) is 12.2. The predicted molar refractivity (Wildman–Crippen MR) is 85.3 cm³/mol. The summed E-state index contributed by atoms with van der Waals surface area (Å²) < 4.78 is 6.41. The van der Waals surface area contributed by atoms with Gasteiger partial charge in [0.15, 0.2) is 5.69 Å². The number of carbonyl (C=O) groups is 1. The molecule has 23 heavy (non-hydrogen) atoms. The highest BCUT2D eigenvalue weighted by Gasteiger charge is 2.27. The van der Waals surface area contributed by atoms with Gasteiger partial charge in [0.05, 0.1) is 23.3 Å². The van der Waals surface area contributed by atoms with Gasteiger partial charge in [-0.15, -0.1) is 0 Å². The third kappa shape index (κ3) is 2.76. The molecule has 0 saturated heterocycles. The van der Waals surface area contributed by atoms with Gasteiger partial charge in [0, 0.05) is 16.7 Å². The first-order chi connectivity index (χ1) is 10.8. The van der Waals surface area contributed by atoms with E-state index in [1.165, 1.54) is 16.8 Å². The summed E-state index contributed by atoms with van der Waals surface area (Å²) in [5, 5.41) is 20.5. The van der Waals surface area contributed by atoms with E-state index in [0.29, 0.717) is 10.0 Å². The fourth-order valence-corrected chi connectivity index (χ4v) is 2.82. The summed E-state index contributed by atoms with van der Waals surface area (Å²) in [6.45, 7) is 1.65. The molecule has 0 unspecified atom stereocenters. The van der Waals surface area contributed by atoms with E-state index in [9.17, 15) is 14.9 Å². The number of hydrogen-bond donors (Lipinski definition) is 1. The number of methoxy groups -OCH3 is 1. The molecule has 1 aromatic heterocycles. The van der Waals surface area contributed by atoms with Crippen molar-refractivity contribution >= 4 is 33.3 Å². The Balaban J connectivity index is 2.91. The smallest absolute Gasteiger partial charge is 0.357 e. The Hall–Kier alpha value is -2.86. The summed E-state index contributed by atoms with van der Waals surface area (Å²) in [4.78, 5) is 22.8. The first-order valence-corrected chi connectivity index (χ1v) is 7.05. The van der Waals surface area contributed by atoms with Gasteiger partial charge in [0.1, 0.15) is 11.8 Å². The Labute approximate surface area is 139 Å². The fraction of sp³-hybridized carbons (Fsp3) is 0.143. The quantitative estimate of drug-likeness (QED) is 0.497. The van der Waals surface area contributed by atoms with Crippen molar-refractivity contribution in [2.24, 2.45) is 0 Å². The fourth-order valence-electron chi connectivity index (χ4n) is 2.26. The van der Waals surface area contributed by atoms with E-state index in [1.54, 1.807) is 13.0 Å². The van der Waals surface area contributed by atoms with Crippen LogP contribution in [0.5, 0.6) is 0 Å². The predicted octanol–water partition coefficient (Wildman–Crippen LogP) is 2.70. The Kier molecular flexibility index (Phi) is 4.38. The molecule has 2 aromatic rings. The Morgan fingerprint density at radius 2 is 2.17 bits per heavy atom. The van der Waals surface area contributed by atoms with Crippen molar-refractivity contribution in [1.82, 2.24) is 4.57 Å². The summed E-state index contributed by atoms with van der Waals surface area (Å²) in [5.74, 6) is -0.791. The monoisotopic (exact) mass is 378 g/mol. The summed E-state index contributed by atoms with van der Waals surface area (Å²) >= 11 is 3.20. The molecule has 0 aliphatic carbocycles. The van der Waals surface area contributed by atoms with Crippen LogP contribution in [-0.4, -0.2) is 22.6 Å². The molecule has 118 valence electrons. The molecule has 2 N–H and O–H groups in total. The highest BCUT2D eigenvalue weighted by Crippen LogP contribution is 2.34. The number of carbonyl (C=O) groups excluding carboxylic acids is 1. The molecule has 0 saturated carbocycles. The number of rotatable bonds is 3. The number of ether oxygens (including phenoxy) is 1. The van der Waals surface area contributed by atoms with Gasteiger partial charge in [-0.2, -0.15) is 5.26 Å². The van der Waals surface area contributed by atoms with Gasteiger partial charge in [0.2, 0.25) is 0 Å². The second-order valence-electron chi connectivity index (χ2n) is 4.63. The second-order valence-corrected chi connectivity index (χ2v) is 5.54. The molecule has 1 heterocycles. The Bertz CT molecular complexity index is 867. The first kappa shape index (κ1) is 16.5. The minimum absolute atomic E-state index is 0.0296. The molecule has 0 atom stereocenters. The van der Waals surface area contributed by atoms with Gasteiger partial charge in [-0.05, 0) is 18.6 Å². The van der Waals surface area contributed by atoms with Crippen molar-refractivity contribution in [2.45, 2.75) is 6.92 Å². The van der Waals surface area contributed by atoms with Crippen LogP contribution in [0.1, 0.15) is 21.6 Å². The topological polar surface area (TPSA) is 124 Å². The van der Waals surface area contributed by atoms with Crippen molar-refractivity contribution < 1.29 is 14.5 Å². The number of benzene rings is 1. The van der Waals surface area contributed by atoms with Gasteiger partial charge < -0.3 is 15.0 Å². The average molecular weight is 379 g/mol. The number of nitrogens with zero attached hydrogens (tertiary/aromatic N) is 3. The zero-order chi connectivity index (χ0) is 17.3. The van der Waals surface area contributed by atoms with E-state index < -0.39 is 10.9 Å². The van der Waals surface area contributed by atoms with E-state index in [-0.39, 0.29) is 28.3 Å². The minimum atomic E-state index is -0.791. The van der Waals surface area contributed by atoms with Crippen LogP contribution in [0.25, 0.3) is 5.69 Å². The lowest BCUT2D eigenvalue weighted by molar-refractivity contribution is -0.384. The molecule has 8 nitrogen and oxygen atoms in total. The third-order valence-corrected chi connectivity index (χ3v) is 3.68. The number of nitro benzene ring substituents is 1. The van der Waals surface area contributed by atoms with Crippen molar-refractivity contribution in [1.29, 1.82) is 5.26 Å². The number of nitro groups is 1. The molecule has 2 rings (SSSR count). The maximum absolute atomic E-state index is 12.0. The molecule has 9 heteroatoms. The number of halogens is 1. The van der Waals surface area contributed by atoms with E-state index in [4.69, 9.17) is 11.0 Å². The number of anilines is 1. The Morgan fingerprint density at radius 1 is 1.52 bits per heavy atom. The summed E-state index contributed by atoms with van der Waals surface area (Å²) in [7, 11) is 1.16. The third-order valence-electron chi connectivity index (χ3n) is 3.23. The van der Waals surface area contributed by atoms with Gasteiger partial charge in [-0.3, -0.25) is 10.1 Å². The van der Waals surface area contributed by atoms with Crippen LogP contribution >= 0.6 is 15.9 Å². The maximum Gasteiger partial charge on any atom is 0.357 e. The number of nitriles is 1. The van der Waals surface area contributed by atoms with Gasteiger partial charge in [0.25, 0.3) is 5.69 Å². The molecule has 1 aromatic carbocycles. The van der Waals surface area contributed by atoms with Crippen LogP contribution in [0.4, 0.5) is 11.4 Å². The Morgan fingerprint density at radius 3 is 2.70 bits per heavy atom. The molecule has 0 bridgehead atoms. The van der Waals surface area contributed by atoms with Crippen LogP contribution in [0.3, 0.4) is 0 Å². The number of nitrogens with two attached hydrogens (primary N) is 1. The number of aromatic nitrogens is 1. The molecular formula is C14H11BrN4O4. The van der Waals surface area contributed by atoms with E-state index >= 15 is 0 Å². The summed E-state index contributed by atoms with van der Waals surface area (Å²) in [6.07, 6.45) is 1.28. The molecule has 0 spiro atoms. The SMILES string of the molecule is COC(=O)c1c(N)c(C#N)cn1-c1c(C)cc(Br)cc1[N+](=O)[O-]. The van der Waals surface area contributed by atoms with E-state index in [1.807, 2.05) is 6.07 Å². The largest absolute Gasteiger partial charge is 0.464 e. The molecule has 0 aliphatic heterocycles. The summed E-state index contributed by atoms with van der Waals surface area (Å²) in [6, 6.07) is 4.82. The van der Waals surface area contributed by atoms with Gasteiger partial charge in [-0.25, -0.2) is 4.79 Å². The van der Waals surface area contributed by atoms with Gasteiger partial charge in [-0.1, -0.05) is 15.9 Å². The highest BCUT2D eigenvalue weighted by molar-refractivity contribution is 9.10. The standard InChI is InChI=1S/C14H11BrN4O4/c1-7-3-9(15)4-10(19(21)22)12(7)18-6-8(5-16)11(17)13(18)14(20)23-2/h3-4,6H,17H2,1-2H3. The van der Waals surface area contributed by atoms with Crippen molar-refractivity contribution in [2.75, 3.05) is 12.8 Å². The normalized spacial score (nSPS) is 10.2. The number of nitrogen functional groups attached to an aromatic ring is 1. The molecular weight excluding hydrogens is 368 g/mol. The molecule has 0 radical (unpaired) electrons. The number of aryl methyl sites for hydroxylation is 1. The van der Waals surface area contributed by atoms with Crippen molar-refractivity contribution in [3.63, 3.8) is 0 Å². The lowest BCUT2D eigenvalue weighted by Gasteiger charge is -2.12. The number of esters is 1. The minimum Gasteiger partial charge on any atom is -0.464 e.